The molecule has 25 heavy (non-hydrogen) atoms. The standard InChI is InChI=1S/C12H16ClN6O5P/c13-9-1-3-10(4-2-9)25(22,23-11(20)18-7-5-14-16-18)24-12(21)19-8-6-15-17-19/h1-4,14-17H,5-8H2. The van der Waals surface area contributed by atoms with Gasteiger partial charge in [0.15, 0.2) is 0 Å². The Morgan fingerprint density at radius 3 is 1.84 bits per heavy atom. The molecule has 0 radical (unpaired) electrons. The zero-order chi connectivity index (χ0) is 17.9. The van der Waals surface area contributed by atoms with Crippen molar-refractivity contribution in [2.75, 3.05) is 26.2 Å². The number of nitrogens with zero attached hydrogens (tertiary/aromatic N) is 2. The molecule has 1 aromatic rings. The van der Waals surface area contributed by atoms with Crippen LogP contribution in [0.4, 0.5) is 9.59 Å². The zero-order valence-corrected chi connectivity index (χ0v) is 14.5. The van der Waals surface area contributed by atoms with Crippen molar-refractivity contribution in [3.63, 3.8) is 0 Å². The van der Waals surface area contributed by atoms with Crippen molar-refractivity contribution in [1.29, 1.82) is 0 Å². The van der Waals surface area contributed by atoms with Crippen molar-refractivity contribution in [3.05, 3.63) is 29.3 Å². The molecule has 0 saturated carbocycles. The Labute approximate surface area is 148 Å². The van der Waals surface area contributed by atoms with Gasteiger partial charge in [0.2, 0.25) is 0 Å². The molecular formula is C12H16ClN6O5P. The van der Waals surface area contributed by atoms with E-state index in [1.54, 1.807) is 0 Å². The maximum absolute atomic E-state index is 13.2. The summed E-state index contributed by atoms with van der Waals surface area (Å²) in [5, 5.41) is 2.57. The third kappa shape index (κ3) is 4.21. The van der Waals surface area contributed by atoms with Gasteiger partial charge in [-0.05, 0) is 24.3 Å². The molecule has 2 aliphatic rings. The van der Waals surface area contributed by atoms with Crippen LogP contribution < -0.4 is 27.2 Å². The first-order valence-electron chi connectivity index (χ1n) is 7.33. The summed E-state index contributed by atoms with van der Waals surface area (Å²) in [7, 11) is -4.29. The Morgan fingerprint density at radius 2 is 1.44 bits per heavy atom. The highest BCUT2D eigenvalue weighted by Crippen LogP contribution is 2.48. The molecule has 136 valence electrons. The molecule has 0 aliphatic carbocycles. The molecule has 11 nitrogen and oxygen atoms in total. The summed E-state index contributed by atoms with van der Waals surface area (Å²) in [4.78, 5) is 24.3. The summed E-state index contributed by atoms with van der Waals surface area (Å²) in [5.74, 6) is 0. The Bertz CT molecular complexity index is 658. The summed E-state index contributed by atoms with van der Waals surface area (Å²) in [6.07, 6.45) is -1.88. The predicted molar refractivity (Wildman–Crippen MR) is 87.3 cm³/mol. The number of amides is 2. The summed E-state index contributed by atoms with van der Waals surface area (Å²) in [6.45, 7) is 1.57. The van der Waals surface area contributed by atoms with E-state index >= 15 is 0 Å². The fourth-order valence-electron chi connectivity index (χ4n) is 2.08. The molecule has 1 aromatic carbocycles. The van der Waals surface area contributed by atoms with Gasteiger partial charge in [-0.15, -0.1) is 0 Å². The number of hydrogen-bond acceptors (Lipinski definition) is 9. The Balaban J connectivity index is 1.81. The fourth-order valence-corrected chi connectivity index (χ4v) is 3.57. The van der Waals surface area contributed by atoms with Crippen LogP contribution in [0.3, 0.4) is 0 Å². The number of nitrogens with one attached hydrogen (secondary N) is 4. The molecule has 13 heteroatoms. The second kappa shape index (κ2) is 7.56. The number of rotatable bonds is 3. The number of hydrazine groups is 4. The van der Waals surface area contributed by atoms with Crippen LogP contribution in [0, 0.1) is 0 Å². The first-order chi connectivity index (χ1) is 12.0. The molecular weight excluding hydrogens is 375 g/mol. The highest BCUT2D eigenvalue weighted by atomic mass is 35.5. The van der Waals surface area contributed by atoms with Crippen LogP contribution in [-0.4, -0.2) is 48.4 Å². The second-order valence-electron chi connectivity index (χ2n) is 5.07. The molecule has 4 N–H and O–H groups in total. The first-order valence-corrected chi connectivity index (χ1v) is 9.25. The van der Waals surface area contributed by atoms with E-state index in [1.165, 1.54) is 24.3 Å². The van der Waals surface area contributed by atoms with E-state index in [9.17, 15) is 14.2 Å². The van der Waals surface area contributed by atoms with Gasteiger partial charge in [0.1, 0.15) is 0 Å². The van der Waals surface area contributed by atoms with Crippen LogP contribution in [0.15, 0.2) is 24.3 Å². The van der Waals surface area contributed by atoms with Crippen LogP contribution in [0.1, 0.15) is 0 Å². The third-order valence-corrected chi connectivity index (χ3v) is 5.30. The second-order valence-corrected chi connectivity index (χ2v) is 7.38. The minimum absolute atomic E-state index is 0.0258. The minimum atomic E-state index is -4.29. The fraction of sp³-hybridized carbons (Fsp3) is 0.333. The van der Waals surface area contributed by atoms with Crippen LogP contribution in [0.5, 0.6) is 0 Å². The predicted octanol–water partition coefficient (Wildman–Crippen LogP) is 0.0812. The maximum atomic E-state index is 13.2. The number of carbonyl (C=O) groups excluding carboxylic acids is 2. The van der Waals surface area contributed by atoms with Crippen molar-refractivity contribution in [2.45, 2.75) is 0 Å². The van der Waals surface area contributed by atoms with Gasteiger partial charge in [-0.2, -0.15) is 11.1 Å². The molecule has 2 aliphatic heterocycles. The van der Waals surface area contributed by atoms with Gasteiger partial charge in [0.05, 0.1) is 18.4 Å². The molecule has 2 fully saturated rings. The van der Waals surface area contributed by atoms with E-state index in [0.29, 0.717) is 31.2 Å². The summed E-state index contributed by atoms with van der Waals surface area (Å²) in [5.41, 5.74) is 10.5. The average molecular weight is 391 g/mol. The SMILES string of the molecule is O=C(OP(=O)(OC(=O)N1CCNN1)c1ccc(Cl)cc1)N1CCNN1. The van der Waals surface area contributed by atoms with Crippen molar-refractivity contribution < 1.29 is 23.2 Å². The number of benzene rings is 1. The van der Waals surface area contributed by atoms with Crippen molar-refractivity contribution in [1.82, 2.24) is 31.9 Å². The van der Waals surface area contributed by atoms with Crippen molar-refractivity contribution in [3.8, 4) is 0 Å². The molecule has 0 aromatic heterocycles. The van der Waals surface area contributed by atoms with Crippen LogP contribution >= 0.6 is 19.2 Å². The molecule has 3 rings (SSSR count). The summed E-state index contributed by atoms with van der Waals surface area (Å²) in [6, 6.07) is 5.65. The third-order valence-electron chi connectivity index (χ3n) is 3.33. The van der Waals surface area contributed by atoms with Crippen LogP contribution in [0.25, 0.3) is 0 Å². The van der Waals surface area contributed by atoms with E-state index in [4.69, 9.17) is 20.6 Å². The number of carbonyl (C=O) groups is 2. The Morgan fingerprint density at radius 1 is 0.960 bits per heavy atom. The monoisotopic (exact) mass is 390 g/mol. The summed E-state index contributed by atoms with van der Waals surface area (Å²) >= 11 is 5.82. The smallest absolute Gasteiger partial charge is 0.361 e. The zero-order valence-electron chi connectivity index (χ0n) is 12.9. The Kier molecular flexibility index (Phi) is 5.42. The lowest BCUT2D eigenvalue weighted by molar-refractivity contribution is 0.119. The number of hydrogen-bond donors (Lipinski definition) is 4. The van der Waals surface area contributed by atoms with Gasteiger partial charge in [-0.1, -0.05) is 11.6 Å². The largest absolute Gasteiger partial charge is 0.469 e. The molecule has 2 saturated heterocycles. The van der Waals surface area contributed by atoms with Gasteiger partial charge in [0, 0.05) is 18.1 Å². The first kappa shape index (κ1) is 17.9. The molecule has 0 atom stereocenters. The number of halogens is 1. The van der Waals surface area contributed by atoms with Crippen molar-refractivity contribution >= 4 is 36.7 Å². The maximum Gasteiger partial charge on any atom is 0.469 e. The lowest BCUT2D eigenvalue weighted by Gasteiger charge is -2.23. The Hall–Kier alpha value is -1.88. The van der Waals surface area contributed by atoms with Crippen molar-refractivity contribution in [2.24, 2.45) is 0 Å². The topological polar surface area (TPSA) is 124 Å². The van der Waals surface area contributed by atoms with Gasteiger partial charge in [-0.25, -0.2) is 35.0 Å². The van der Waals surface area contributed by atoms with E-state index in [0.717, 1.165) is 10.0 Å². The van der Waals surface area contributed by atoms with Gasteiger partial charge in [-0.3, -0.25) is 0 Å². The quantitative estimate of drug-likeness (QED) is 0.531. The van der Waals surface area contributed by atoms with E-state index in [-0.39, 0.29) is 5.30 Å². The van der Waals surface area contributed by atoms with Gasteiger partial charge < -0.3 is 9.05 Å². The highest BCUT2D eigenvalue weighted by Gasteiger charge is 2.39. The van der Waals surface area contributed by atoms with Crippen LogP contribution in [-0.2, 0) is 13.6 Å². The summed E-state index contributed by atoms with van der Waals surface area (Å²) < 4.78 is 23.3. The van der Waals surface area contributed by atoms with E-state index < -0.39 is 19.8 Å². The van der Waals surface area contributed by atoms with E-state index in [2.05, 4.69) is 21.9 Å². The lowest BCUT2D eigenvalue weighted by atomic mass is 10.4. The molecule has 2 amide bonds. The van der Waals surface area contributed by atoms with E-state index in [1.807, 2.05) is 0 Å². The normalized spacial score (nSPS) is 17.6. The minimum Gasteiger partial charge on any atom is -0.361 e. The molecule has 0 unspecified atom stereocenters. The molecule has 0 spiro atoms. The molecule has 0 bridgehead atoms. The highest BCUT2D eigenvalue weighted by molar-refractivity contribution is 7.63. The average Bonchev–Trinajstić information content (AvgIpc) is 3.29. The van der Waals surface area contributed by atoms with Crippen LogP contribution in [0.2, 0.25) is 5.02 Å². The lowest BCUT2D eigenvalue weighted by Crippen LogP contribution is -2.42. The molecule has 2 heterocycles. The van der Waals surface area contributed by atoms with Gasteiger partial charge >= 0.3 is 19.8 Å². The van der Waals surface area contributed by atoms with Gasteiger partial charge in [0.25, 0.3) is 0 Å².